The Morgan fingerprint density at radius 2 is 1.79 bits per heavy atom. The van der Waals surface area contributed by atoms with E-state index in [9.17, 15) is 9.90 Å². The fourth-order valence-corrected chi connectivity index (χ4v) is 3.96. The molecule has 0 aromatic heterocycles. The largest absolute Gasteiger partial charge is 0.481 e. The van der Waals surface area contributed by atoms with E-state index in [-0.39, 0.29) is 37.1 Å². The lowest BCUT2D eigenvalue weighted by Crippen LogP contribution is -2.22. The number of rotatable bonds is 17. The molecular weight excluding hydrogens is 368 g/mol. The van der Waals surface area contributed by atoms with Crippen LogP contribution in [0, 0.1) is 11.8 Å². The standard InChI is InChI=1S/C24H42O5/c1-2-3-18-29-23-19-22(26)20(14-10-7-8-12-16-24(27)28)21(23)15-11-6-4-5-9-13-17-25/h7,10-11,15,20-23,25-26H,2-6,8-9,12-14,16-19H2,1H3,(H,27,28)/b10-7-,15-11+/t20?,21-,22+,23-/m1/s1. The highest BCUT2D eigenvalue weighted by Gasteiger charge is 2.40. The molecule has 168 valence electrons. The van der Waals surface area contributed by atoms with Crippen LogP contribution in [0.3, 0.4) is 0 Å². The van der Waals surface area contributed by atoms with Crippen molar-refractivity contribution in [2.24, 2.45) is 11.8 Å². The van der Waals surface area contributed by atoms with E-state index >= 15 is 0 Å². The van der Waals surface area contributed by atoms with Crippen molar-refractivity contribution in [1.82, 2.24) is 0 Å². The number of allylic oxidation sites excluding steroid dienone is 3. The number of hydrogen-bond acceptors (Lipinski definition) is 4. The molecule has 5 nitrogen and oxygen atoms in total. The van der Waals surface area contributed by atoms with Crippen molar-refractivity contribution in [3.63, 3.8) is 0 Å². The van der Waals surface area contributed by atoms with Crippen LogP contribution in [0.4, 0.5) is 0 Å². The van der Waals surface area contributed by atoms with E-state index in [0.717, 1.165) is 64.4 Å². The average molecular weight is 411 g/mol. The minimum Gasteiger partial charge on any atom is -0.481 e. The zero-order valence-electron chi connectivity index (χ0n) is 18.2. The fraction of sp³-hybridized carbons (Fsp3) is 0.792. The molecular formula is C24H42O5. The van der Waals surface area contributed by atoms with Crippen molar-refractivity contribution in [1.29, 1.82) is 0 Å². The van der Waals surface area contributed by atoms with Crippen molar-refractivity contribution < 1.29 is 24.9 Å². The second-order valence-corrected chi connectivity index (χ2v) is 8.15. The van der Waals surface area contributed by atoms with E-state index in [1.807, 2.05) is 6.08 Å². The van der Waals surface area contributed by atoms with E-state index in [0.29, 0.717) is 12.8 Å². The molecule has 0 radical (unpaired) electrons. The number of aliphatic hydroxyl groups excluding tert-OH is 2. The van der Waals surface area contributed by atoms with Crippen LogP contribution in [0.25, 0.3) is 0 Å². The van der Waals surface area contributed by atoms with Crippen molar-refractivity contribution in [3.8, 4) is 0 Å². The van der Waals surface area contributed by atoms with Crippen molar-refractivity contribution >= 4 is 5.97 Å². The predicted molar refractivity (Wildman–Crippen MR) is 117 cm³/mol. The lowest BCUT2D eigenvalue weighted by molar-refractivity contribution is -0.137. The molecule has 0 aromatic rings. The number of unbranched alkanes of at least 4 members (excludes halogenated alkanes) is 6. The summed E-state index contributed by atoms with van der Waals surface area (Å²) in [5.41, 5.74) is 0. The minimum atomic E-state index is -0.752. The van der Waals surface area contributed by atoms with Crippen molar-refractivity contribution in [3.05, 3.63) is 24.3 Å². The molecule has 5 heteroatoms. The minimum absolute atomic E-state index is 0.0765. The van der Waals surface area contributed by atoms with Crippen LogP contribution < -0.4 is 0 Å². The molecule has 0 amide bonds. The molecule has 0 heterocycles. The first-order valence-corrected chi connectivity index (χ1v) is 11.5. The van der Waals surface area contributed by atoms with Crippen LogP contribution in [-0.4, -0.2) is 46.7 Å². The number of hydrogen-bond donors (Lipinski definition) is 3. The Hall–Kier alpha value is -1.17. The molecule has 1 aliphatic carbocycles. The Morgan fingerprint density at radius 1 is 1.03 bits per heavy atom. The van der Waals surface area contributed by atoms with Gasteiger partial charge < -0.3 is 20.1 Å². The SMILES string of the molecule is CCCCO[C@@H]1C[C@H](O)C(C/C=C\CCCC(=O)O)[C@H]1/C=C/CCCCCCO. The average Bonchev–Trinajstić information content (AvgIpc) is 2.98. The van der Waals surface area contributed by atoms with E-state index in [1.165, 1.54) is 0 Å². The summed E-state index contributed by atoms with van der Waals surface area (Å²) in [7, 11) is 0. The number of aliphatic carboxylic acids is 1. The maximum absolute atomic E-state index is 10.6. The van der Waals surface area contributed by atoms with Gasteiger partial charge >= 0.3 is 5.97 Å². The quantitative estimate of drug-likeness (QED) is 0.235. The van der Waals surface area contributed by atoms with E-state index in [2.05, 4.69) is 25.2 Å². The molecule has 3 N–H and O–H groups in total. The number of carbonyl (C=O) groups is 1. The molecule has 0 aliphatic heterocycles. The highest BCUT2D eigenvalue weighted by atomic mass is 16.5. The maximum atomic E-state index is 10.6. The van der Waals surface area contributed by atoms with Gasteiger partial charge in [0.25, 0.3) is 0 Å². The Labute approximate surface area is 176 Å². The first-order chi connectivity index (χ1) is 14.1. The first-order valence-electron chi connectivity index (χ1n) is 11.5. The summed E-state index contributed by atoms with van der Waals surface area (Å²) in [6.45, 7) is 3.17. The summed E-state index contributed by atoms with van der Waals surface area (Å²) < 4.78 is 6.11. The number of aliphatic hydroxyl groups is 2. The normalized spacial score (nSPS) is 24.8. The summed E-state index contributed by atoms with van der Waals surface area (Å²) >= 11 is 0. The first kappa shape index (κ1) is 25.9. The zero-order chi connectivity index (χ0) is 21.3. The molecule has 1 saturated carbocycles. The van der Waals surface area contributed by atoms with Crippen LogP contribution in [0.5, 0.6) is 0 Å². The van der Waals surface area contributed by atoms with Gasteiger partial charge in [-0.25, -0.2) is 0 Å². The molecule has 0 bridgehead atoms. The van der Waals surface area contributed by atoms with Crippen LogP contribution in [0.15, 0.2) is 24.3 Å². The lowest BCUT2D eigenvalue weighted by Gasteiger charge is -2.22. The van der Waals surface area contributed by atoms with Gasteiger partial charge in [-0.05, 0) is 50.9 Å². The van der Waals surface area contributed by atoms with E-state index in [1.54, 1.807) is 0 Å². The Balaban J connectivity index is 2.54. The smallest absolute Gasteiger partial charge is 0.303 e. The van der Waals surface area contributed by atoms with Gasteiger partial charge in [-0.1, -0.05) is 50.5 Å². The van der Waals surface area contributed by atoms with E-state index in [4.69, 9.17) is 14.9 Å². The van der Waals surface area contributed by atoms with Gasteiger partial charge in [0.1, 0.15) is 0 Å². The van der Waals surface area contributed by atoms with E-state index < -0.39 is 5.97 Å². The highest BCUT2D eigenvalue weighted by molar-refractivity contribution is 5.66. The number of carboxylic acids is 1. The molecule has 0 saturated heterocycles. The molecule has 29 heavy (non-hydrogen) atoms. The van der Waals surface area contributed by atoms with Crippen LogP contribution >= 0.6 is 0 Å². The monoisotopic (exact) mass is 410 g/mol. The summed E-state index contributed by atoms with van der Waals surface area (Å²) in [5.74, 6) is -0.371. The van der Waals surface area contributed by atoms with Gasteiger partial charge in [0.05, 0.1) is 12.2 Å². The van der Waals surface area contributed by atoms with Gasteiger partial charge in [0, 0.05) is 32.0 Å². The fourth-order valence-electron chi connectivity index (χ4n) is 3.96. The Kier molecular flexibility index (Phi) is 14.8. The molecule has 1 fully saturated rings. The maximum Gasteiger partial charge on any atom is 0.303 e. The topological polar surface area (TPSA) is 87.0 Å². The Bertz CT molecular complexity index is 474. The summed E-state index contributed by atoms with van der Waals surface area (Å²) in [4.78, 5) is 10.6. The molecule has 4 atom stereocenters. The summed E-state index contributed by atoms with van der Waals surface area (Å²) in [6, 6.07) is 0. The third kappa shape index (κ3) is 11.6. The molecule has 1 aliphatic rings. The molecule has 1 rings (SSSR count). The van der Waals surface area contributed by atoms with Gasteiger partial charge in [-0.15, -0.1) is 0 Å². The highest BCUT2D eigenvalue weighted by Crippen LogP contribution is 2.38. The molecule has 0 spiro atoms. The predicted octanol–water partition coefficient (Wildman–Crippen LogP) is 4.87. The third-order valence-corrected chi connectivity index (χ3v) is 5.70. The molecule has 0 aromatic carbocycles. The van der Waals surface area contributed by atoms with Gasteiger partial charge in [-0.3, -0.25) is 4.79 Å². The van der Waals surface area contributed by atoms with Crippen LogP contribution in [0.1, 0.15) is 84.0 Å². The number of ether oxygens (including phenoxy) is 1. The summed E-state index contributed by atoms with van der Waals surface area (Å²) in [6.07, 6.45) is 18.8. The van der Waals surface area contributed by atoms with Crippen LogP contribution in [0.2, 0.25) is 0 Å². The van der Waals surface area contributed by atoms with Gasteiger partial charge in [0.2, 0.25) is 0 Å². The van der Waals surface area contributed by atoms with Gasteiger partial charge in [-0.2, -0.15) is 0 Å². The second-order valence-electron chi connectivity index (χ2n) is 8.15. The summed E-state index contributed by atoms with van der Waals surface area (Å²) in [5, 5.41) is 28.2. The molecule has 1 unspecified atom stereocenters. The Morgan fingerprint density at radius 3 is 2.52 bits per heavy atom. The van der Waals surface area contributed by atoms with Crippen molar-refractivity contribution in [2.45, 2.75) is 96.2 Å². The number of carboxylic acid groups (broad SMARTS) is 1. The van der Waals surface area contributed by atoms with Gasteiger partial charge in [0.15, 0.2) is 0 Å². The van der Waals surface area contributed by atoms with Crippen molar-refractivity contribution in [2.75, 3.05) is 13.2 Å². The zero-order valence-corrected chi connectivity index (χ0v) is 18.2. The lowest BCUT2D eigenvalue weighted by atomic mass is 9.89. The van der Waals surface area contributed by atoms with Crippen LogP contribution in [-0.2, 0) is 9.53 Å². The third-order valence-electron chi connectivity index (χ3n) is 5.70. The second kappa shape index (κ2) is 16.6.